The summed E-state index contributed by atoms with van der Waals surface area (Å²) in [4.78, 5) is 17.1. The fraction of sp³-hybridized carbons (Fsp3) is 0.500. The molecule has 3 rings (SSSR count). The topological polar surface area (TPSA) is 67.2 Å². The summed E-state index contributed by atoms with van der Waals surface area (Å²) < 4.78 is 3.78. The minimum absolute atomic E-state index is 0.0902. The van der Waals surface area contributed by atoms with Gasteiger partial charge >= 0.3 is 0 Å². The molecule has 1 saturated heterocycles. The molecule has 0 bridgehead atoms. The van der Waals surface area contributed by atoms with Gasteiger partial charge in [0.2, 0.25) is 0 Å². The maximum atomic E-state index is 11.8. The van der Waals surface area contributed by atoms with Crippen LogP contribution < -0.4 is 5.32 Å². The van der Waals surface area contributed by atoms with Gasteiger partial charge in [0.05, 0.1) is 16.6 Å². The number of amidine groups is 1. The molecule has 0 spiro atoms. The van der Waals surface area contributed by atoms with E-state index in [1.165, 1.54) is 42.6 Å². The van der Waals surface area contributed by atoms with Gasteiger partial charge in [-0.15, -0.1) is 5.10 Å². The molecule has 5 nitrogen and oxygen atoms in total. The van der Waals surface area contributed by atoms with E-state index in [9.17, 15) is 4.79 Å². The summed E-state index contributed by atoms with van der Waals surface area (Å²) >= 11 is 2.67. The van der Waals surface area contributed by atoms with Crippen molar-refractivity contribution in [1.82, 2.24) is 14.9 Å². The van der Waals surface area contributed by atoms with Crippen molar-refractivity contribution in [2.24, 2.45) is 4.99 Å². The van der Waals surface area contributed by atoms with Crippen LogP contribution >= 0.6 is 23.3 Å². The highest BCUT2D eigenvalue weighted by molar-refractivity contribution is 8.18. The summed E-state index contributed by atoms with van der Waals surface area (Å²) in [5, 5.41) is 9.28. The smallest absolute Gasteiger partial charge is 0.264 e. The van der Waals surface area contributed by atoms with E-state index >= 15 is 0 Å². The Morgan fingerprint density at radius 2 is 2.21 bits per heavy atom. The van der Waals surface area contributed by atoms with Gasteiger partial charge in [0, 0.05) is 5.38 Å². The van der Waals surface area contributed by atoms with E-state index in [0.717, 1.165) is 23.7 Å². The molecule has 1 aliphatic heterocycles. The van der Waals surface area contributed by atoms with E-state index in [1.54, 1.807) is 6.08 Å². The summed E-state index contributed by atoms with van der Waals surface area (Å²) in [6, 6.07) is 0.372. The SMILES string of the molecule is O=C1NC(=NC2CCCCC2)S/C1=C/c1csnn1. The van der Waals surface area contributed by atoms with Crippen molar-refractivity contribution >= 4 is 40.4 Å². The highest BCUT2D eigenvalue weighted by atomic mass is 32.2. The number of carbonyl (C=O) groups is 1. The first kappa shape index (κ1) is 12.8. The van der Waals surface area contributed by atoms with Crippen molar-refractivity contribution in [2.45, 2.75) is 38.1 Å². The van der Waals surface area contributed by atoms with Crippen LogP contribution in [-0.4, -0.2) is 26.7 Å². The van der Waals surface area contributed by atoms with Gasteiger partial charge in [0.1, 0.15) is 0 Å². The quantitative estimate of drug-likeness (QED) is 0.851. The first-order valence-electron chi connectivity index (χ1n) is 6.37. The molecule has 0 unspecified atom stereocenters. The number of hydrogen-bond acceptors (Lipinski definition) is 6. The lowest BCUT2D eigenvalue weighted by Crippen LogP contribution is -2.22. The summed E-state index contributed by atoms with van der Waals surface area (Å²) in [7, 11) is 0. The Morgan fingerprint density at radius 3 is 2.95 bits per heavy atom. The van der Waals surface area contributed by atoms with Crippen LogP contribution in [0.15, 0.2) is 15.3 Å². The number of carbonyl (C=O) groups excluding carboxylic acids is 1. The lowest BCUT2D eigenvalue weighted by atomic mass is 9.96. The Bertz CT molecular complexity index is 518. The van der Waals surface area contributed by atoms with Gasteiger partial charge in [-0.05, 0) is 42.2 Å². The molecular formula is C12H14N4OS2. The van der Waals surface area contributed by atoms with E-state index in [4.69, 9.17) is 0 Å². The highest BCUT2D eigenvalue weighted by Crippen LogP contribution is 2.28. The van der Waals surface area contributed by atoms with Gasteiger partial charge in [-0.25, -0.2) is 0 Å². The van der Waals surface area contributed by atoms with Crippen LogP contribution in [0.5, 0.6) is 0 Å². The Hall–Kier alpha value is -1.21. The second kappa shape index (κ2) is 5.83. The van der Waals surface area contributed by atoms with Crippen LogP contribution in [0, 0.1) is 0 Å². The van der Waals surface area contributed by atoms with E-state index in [-0.39, 0.29) is 5.91 Å². The zero-order chi connectivity index (χ0) is 13.1. The third kappa shape index (κ3) is 3.22. The molecule has 100 valence electrons. The predicted molar refractivity (Wildman–Crippen MR) is 77.9 cm³/mol. The van der Waals surface area contributed by atoms with Gasteiger partial charge in [-0.1, -0.05) is 23.8 Å². The lowest BCUT2D eigenvalue weighted by Gasteiger charge is -2.17. The van der Waals surface area contributed by atoms with Crippen LogP contribution in [0.3, 0.4) is 0 Å². The largest absolute Gasteiger partial charge is 0.301 e. The van der Waals surface area contributed by atoms with Crippen molar-refractivity contribution < 1.29 is 4.79 Å². The molecule has 1 aromatic rings. The molecule has 2 fully saturated rings. The van der Waals surface area contributed by atoms with Gasteiger partial charge in [0.25, 0.3) is 5.91 Å². The molecule has 1 amide bonds. The second-order valence-electron chi connectivity index (χ2n) is 4.62. The van der Waals surface area contributed by atoms with Gasteiger partial charge in [-0.3, -0.25) is 9.79 Å². The molecule has 1 aliphatic carbocycles. The standard InChI is InChI=1S/C12H14N4OS2/c17-11-10(6-9-7-18-16-15-9)19-12(14-11)13-8-4-2-1-3-5-8/h6-8H,1-5H2,(H,13,14,17)/b10-6+. The Kier molecular flexibility index (Phi) is 3.93. The first-order valence-corrected chi connectivity index (χ1v) is 8.02. The number of aromatic nitrogens is 2. The molecule has 0 atom stereocenters. The molecule has 19 heavy (non-hydrogen) atoms. The van der Waals surface area contributed by atoms with Crippen LogP contribution in [0.2, 0.25) is 0 Å². The van der Waals surface area contributed by atoms with Crippen LogP contribution in [-0.2, 0) is 4.79 Å². The fourth-order valence-electron chi connectivity index (χ4n) is 2.23. The van der Waals surface area contributed by atoms with Crippen molar-refractivity contribution in [2.75, 3.05) is 0 Å². The lowest BCUT2D eigenvalue weighted by molar-refractivity contribution is -0.115. The first-order chi connectivity index (χ1) is 9.31. The van der Waals surface area contributed by atoms with Gasteiger partial charge in [0.15, 0.2) is 5.17 Å². The summed E-state index contributed by atoms with van der Waals surface area (Å²) in [5.74, 6) is -0.0902. The van der Waals surface area contributed by atoms with E-state index < -0.39 is 0 Å². The number of nitrogens with zero attached hydrogens (tertiary/aromatic N) is 3. The van der Waals surface area contributed by atoms with Gasteiger partial charge in [-0.2, -0.15) is 0 Å². The molecule has 7 heteroatoms. The zero-order valence-corrected chi connectivity index (χ0v) is 12.0. The maximum absolute atomic E-state index is 11.8. The average molecular weight is 294 g/mol. The van der Waals surface area contributed by atoms with E-state index in [0.29, 0.717) is 10.9 Å². The van der Waals surface area contributed by atoms with Crippen LogP contribution in [0.1, 0.15) is 37.8 Å². The van der Waals surface area contributed by atoms with Crippen molar-refractivity contribution in [1.29, 1.82) is 0 Å². The Morgan fingerprint density at radius 1 is 1.37 bits per heavy atom. The van der Waals surface area contributed by atoms with Crippen LogP contribution in [0.25, 0.3) is 6.08 Å². The minimum atomic E-state index is -0.0902. The van der Waals surface area contributed by atoms with Crippen molar-refractivity contribution in [3.63, 3.8) is 0 Å². The number of nitrogens with one attached hydrogen (secondary N) is 1. The molecule has 1 saturated carbocycles. The van der Waals surface area contributed by atoms with Crippen molar-refractivity contribution in [3.8, 4) is 0 Å². The molecule has 2 aliphatic rings. The number of amides is 1. The monoisotopic (exact) mass is 294 g/mol. The van der Waals surface area contributed by atoms with Crippen molar-refractivity contribution in [3.05, 3.63) is 16.0 Å². The number of hydrogen-bond donors (Lipinski definition) is 1. The van der Waals surface area contributed by atoms with E-state index in [1.807, 2.05) is 5.38 Å². The molecule has 2 heterocycles. The van der Waals surface area contributed by atoms with Gasteiger partial charge < -0.3 is 5.32 Å². The Balaban J connectivity index is 1.70. The minimum Gasteiger partial charge on any atom is -0.301 e. The summed E-state index contributed by atoms with van der Waals surface area (Å²) in [6.45, 7) is 0. The number of rotatable bonds is 2. The molecule has 0 aromatic carbocycles. The molecule has 0 radical (unpaired) electrons. The average Bonchev–Trinajstić information content (AvgIpc) is 3.02. The summed E-state index contributed by atoms with van der Waals surface area (Å²) in [5.41, 5.74) is 0.724. The third-order valence-electron chi connectivity index (χ3n) is 3.18. The predicted octanol–water partition coefficient (Wildman–Crippen LogP) is 2.43. The normalized spacial score (nSPS) is 25.2. The number of thioether (sulfide) groups is 1. The zero-order valence-electron chi connectivity index (χ0n) is 10.3. The molecule has 1 N–H and O–H groups in total. The second-order valence-corrected chi connectivity index (χ2v) is 6.26. The highest BCUT2D eigenvalue weighted by Gasteiger charge is 2.25. The summed E-state index contributed by atoms with van der Waals surface area (Å²) in [6.07, 6.45) is 7.82. The Labute approximate surface area is 119 Å². The molecule has 1 aromatic heterocycles. The third-order valence-corrected chi connectivity index (χ3v) is 4.63. The fourth-order valence-corrected chi connectivity index (χ4v) is 3.52. The molecular weight excluding hydrogens is 280 g/mol. The maximum Gasteiger partial charge on any atom is 0.264 e. The van der Waals surface area contributed by atoms with Crippen LogP contribution in [0.4, 0.5) is 0 Å². The van der Waals surface area contributed by atoms with E-state index in [2.05, 4.69) is 19.9 Å². The number of aliphatic imine (C=N–C) groups is 1.